The highest BCUT2D eigenvalue weighted by Crippen LogP contribution is 2.28. The number of alkyl halides is 3. The molecule has 2 rings (SSSR count). The molecule has 2 heterocycles. The minimum atomic E-state index is -4.42. The average Bonchev–Trinajstić information content (AvgIpc) is 2.45. The summed E-state index contributed by atoms with van der Waals surface area (Å²) >= 11 is 0. The lowest BCUT2D eigenvalue weighted by Gasteiger charge is -2.29. The molecular weight excluding hydrogens is 269 g/mol. The number of rotatable bonds is 4. The Morgan fingerprint density at radius 1 is 1.35 bits per heavy atom. The highest BCUT2D eigenvalue weighted by Gasteiger charge is 2.33. The normalized spacial score (nSPS) is 17.2. The van der Waals surface area contributed by atoms with E-state index in [2.05, 4.69) is 15.3 Å². The van der Waals surface area contributed by atoms with Crippen LogP contribution in [0.3, 0.4) is 0 Å². The molecule has 1 saturated heterocycles. The molecule has 0 aliphatic carbocycles. The van der Waals surface area contributed by atoms with Crippen LogP contribution in [0.1, 0.15) is 25.5 Å². The second kappa shape index (κ2) is 6.39. The summed E-state index contributed by atoms with van der Waals surface area (Å²) in [4.78, 5) is 9.47. The van der Waals surface area contributed by atoms with Crippen molar-refractivity contribution in [3.05, 3.63) is 18.0 Å². The highest BCUT2D eigenvalue weighted by atomic mass is 19.4. The minimum Gasteiger partial charge on any atom is -0.341 e. The van der Waals surface area contributed by atoms with Gasteiger partial charge in [-0.3, -0.25) is 0 Å². The Bertz CT molecular complexity index is 430. The molecule has 1 fully saturated rings. The topological polar surface area (TPSA) is 41.0 Å². The van der Waals surface area contributed by atoms with Crippen molar-refractivity contribution in [1.29, 1.82) is 0 Å². The number of nitrogens with one attached hydrogen (secondary N) is 1. The molecule has 112 valence electrons. The van der Waals surface area contributed by atoms with Gasteiger partial charge in [0.25, 0.3) is 0 Å². The van der Waals surface area contributed by atoms with Gasteiger partial charge in [-0.25, -0.2) is 9.97 Å². The van der Waals surface area contributed by atoms with Crippen molar-refractivity contribution >= 4 is 5.95 Å². The van der Waals surface area contributed by atoms with Crippen LogP contribution in [0.2, 0.25) is 0 Å². The summed E-state index contributed by atoms with van der Waals surface area (Å²) in [6, 6.07) is 0.905. The van der Waals surface area contributed by atoms with Gasteiger partial charge in [-0.1, -0.05) is 0 Å². The number of aromatic nitrogens is 2. The molecule has 1 N–H and O–H groups in total. The number of piperidine rings is 1. The first-order chi connectivity index (χ1) is 9.50. The largest absolute Gasteiger partial charge is 0.433 e. The van der Waals surface area contributed by atoms with E-state index in [1.807, 2.05) is 11.8 Å². The van der Waals surface area contributed by atoms with Gasteiger partial charge in [0.15, 0.2) is 0 Å². The van der Waals surface area contributed by atoms with Crippen LogP contribution in [0.5, 0.6) is 0 Å². The van der Waals surface area contributed by atoms with Crippen LogP contribution in [0, 0.1) is 5.92 Å². The molecular formula is C13H19F3N4. The second-order valence-corrected chi connectivity index (χ2v) is 4.97. The maximum atomic E-state index is 12.7. The first kappa shape index (κ1) is 15.0. The van der Waals surface area contributed by atoms with Gasteiger partial charge < -0.3 is 10.2 Å². The fourth-order valence-electron chi connectivity index (χ4n) is 2.39. The predicted molar refractivity (Wildman–Crippen MR) is 70.5 cm³/mol. The van der Waals surface area contributed by atoms with Crippen molar-refractivity contribution in [1.82, 2.24) is 15.3 Å². The first-order valence-electron chi connectivity index (χ1n) is 6.86. The lowest BCUT2D eigenvalue weighted by molar-refractivity contribution is -0.141. The molecule has 20 heavy (non-hydrogen) atoms. The van der Waals surface area contributed by atoms with E-state index in [1.165, 1.54) is 6.20 Å². The summed E-state index contributed by atoms with van der Waals surface area (Å²) in [5.41, 5.74) is -0.883. The number of anilines is 1. The van der Waals surface area contributed by atoms with Crippen molar-refractivity contribution in [2.45, 2.75) is 25.9 Å². The Kier molecular flexibility index (Phi) is 4.80. The average molecular weight is 288 g/mol. The van der Waals surface area contributed by atoms with Crippen LogP contribution < -0.4 is 10.2 Å². The van der Waals surface area contributed by atoms with E-state index in [-0.39, 0.29) is 5.95 Å². The van der Waals surface area contributed by atoms with Crippen molar-refractivity contribution in [3.63, 3.8) is 0 Å². The van der Waals surface area contributed by atoms with Gasteiger partial charge in [0.1, 0.15) is 5.69 Å². The number of nitrogens with zero attached hydrogens (tertiary/aromatic N) is 3. The molecule has 1 aromatic rings. The lowest BCUT2D eigenvalue weighted by Crippen LogP contribution is -2.37. The molecule has 0 saturated carbocycles. The van der Waals surface area contributed by atoms with Gasteiger partial charge in [-0.05, 0) is 44.8 Å². The quantitative estimate of drug-likeness (QED) is 0.923. The predicted octanol–water partition coefficient (Wildman–Crippen LogP) is 2.32. The number of hydrogen-bond acceptors (Lipinski definition) is 4. The smallest absolute Gasteiger partial charge is 0.341 e. The molecule has 0 radical (unpaired) electrons. The van der Waals surface area contributed by atoms with Crippen LogP contribution >= 0.6 is 0 Å². The van der Waals surface area contributed by atoms with E-state index >= 15 is 0 Å². The van der Waals surface area contributed by atoms with Crippen molar-refractivity contribution < 1.29 is 13.2 Å². The third-order valence-corrected chi connectivity index (χ3v) is 3.54. The van der Waals surface area contributed by atoms with E-state index in [1.54, 1.807) is 0 Å². The van der Waals surface area contributed by atoms with Gasteiger partial charge in [0.05, 0.1) is 0 Å². The molecule has 0 aromatic carbocycles. The fraction of sp³-hybridized carbons (Fsp3) is 0.692. The van der Waals surface area contributed by atoms with Gasteiger partial charge >= 0.3 is 6.18 Å². The minimum absolute atomic E-state index is 0.167. The maximum Gasteiger partial charge on any atom is 0.433 e. The standard InChI is InChI=1S/C13H19F3N4/c1-2-20(9-10-3-6-17-7-4-10)12-18-8-5-11(19-12)13(14,15)16/h5,8,10,17H,2-4,6-7,9H2,1H3. The van der Waals surface area contributed by atoms with Crippen LogP contribution in [0.4, 0.5) is 19.1 Å². The maximum absolute atomic E-state index is 12.7. The molecule has 0 amide bonds. The van der Waals surface area contributed by atoms with E-state index in [9.17, 15) is 13.2 Å². The highest BCUT2D eigenvalue weighted by molar-refractivity contribution is 5.30. The summed E-state index contributed by atoms with van der Waals surface area (Å²) in [6.45, 7) is 5.15. The fourth-order valence-corrected chi connectivity index (χ4v) is 2.39. The van der Waals surface area contributed by atoms with Gasteiger partial charge in [-0.2, -0.15) is 13.2 Å². The third-order valence-electron chi connectivity index (χ3n) is 3.54. The summed E-state index contributed by atoms with van der Waals surface area (Å²) < 4.78 is 38.0. The Morgan fingerprint density at radius 2 is 2.05 bits per heavy atom. The van der Waals surface area contributed by atoms with E-state index < -0.39 is 11.9 Å². The molecule has 1 aliphatic heterocycles. The zero-order valence-corrected chi connectivity index (χ0v) is 11.5. The Hall–Kier alpha value is -1.37. The molecule has 4 nitrogen and oxygen atoms in total. The lowest BCUT2D eigenvalue weighted by atomic mass is 9.98. The van der Waals surface area contributed by atoms with Crippen LogP contribution in [0.15, 0.2) is 12.3 Å². The second-order valence-electron chi connectivity index (χ2n) is 4.97. The molecule has 7 heteroatoms. The molecule has 0 unspecified atom stereocenters. The van der Waals surface area contributed by atoms with Gasteiger partial charge in [-0.15, -0.1) is 0 Å². The molecule has 1 aromatic heterocycles. The first-order valence-corrected chi connectivity index (χ1v) is 6.86. The van der Waals surface area contributed by atoms with Crippen LogP contribution in [0.25, 0.3) is 0 Å². The monoisotopic (exact) mass is 288 g/mol. The number of hydrogen-bond donors (Lipinski definition) is 1. The van der Waals surface area contributed by atoms with Crippen molar-refractivity contribution in [2.24, 2.45) is 5.92 Å². The zero-order chi connectivity index (χ0) is 14.6. The third kappa shape index (κ3) is 3.82. The van der Waals surface area contributed by atoms with E-state index in [0.717, 1.165) is 32.0 Å². The summed E-state index contributed by atoms with van der Waals surface area (Å²) in [5, 5.41) is 3.28. The van der Waals surface area contributed by atoms with Gasteiger partial charge in [0.2, 0.25) is 5.95 Å². The number of halogens is 3. The van der Waals surface area contributed by atoms with E-state index in [0.29, 0.717) is 19.0 Å². The van der Waals surface area contributed by atoms with Gasteiger partial charge in [0, 0.05) is 19.3 Å². The van der Waals surface area contributed by atoms with Crippen LogP contribution in [-0.4, -0.2) is 36.1 Å². The van der Waals surface area contributed by atoms with Crippen LogP contribution in [-0.2, 0) is 6.18 Å². The molecule has 1 aliphatic rings. The Balaban J connectivity index is 2.10. The van der Waals surface area contributed by atoms with E-state index in [4.69, 9.17) is 0 Å². The summed E-state index contributed by atoms with van der Waals surface area (Å²) in [6.07, 6.45) is -1.17. The zero-order valence-electron chi connectivity index (χ0n) is 11.5. The Morgan fingerprint density at radius 3 is 2.65 bits per heavy atom. The Labute approximate surface area is 116 Å². The summed E-state index contributed by atoms with van der Waals surface area (Å²) in [7, 11) is 0. The van der Waals surface area contributed by atoms with Crippen molar-refractivity contribution in [3.8, 4) is 0 Å². The molecule has 0 atom stereocenters. The SMILES string of the molecule is CCN(CC1CCNCC1)c1nccc(C(F)(F)F)n1. The van der Waals surface area contributed by atoms with Crippen molar-refractivity contribution in [2.75, 3.05) is 31.1 Å². The molecule has 0 bridgehead atoms. The summed E-state index contributed by atoms with van der Waals surface area (Å²) in [5.74, 6) is 0.648. The molecule has 0 spiro atoms.